The number of para-hydroxylation sites is 1. The summed E-state index contributed by atoms with van der Waals surface area (Å²) in [6, 6.07) is 32.3. The molecule has 3 nitrogen and oxygen atoms in total. The Morgan fingerprint density at radius 1 is 0.700 bits per heavy atom. The Morgan fingerprint density at radius 2 is 1.47 bits per heavy atom. The van der Waals surface area contributed by atoms with Crippen LogP contribution in [0.25, 0.3) is 38.6 Å². The summed E-state index contributed by atoms with van der Waals surface area (Å²) in [5.74, 6) is 0. The van der Waals surface area contributed by atoms with Crippen LogP contribution in [0.3, 0.4) is 0 Å². The van der Waals surface area contributed by atoms with E-state index in [1.165, 1.54) is 0 Å². The third kappa shape index (κ3) is 2.87. The van der Waals surface area contributed by atoms with E-state index in [0.717, 1.165) is 43.1 Å². The maximum Gasteiger partial charge on any atom is 0.0998 e. The molecule has 0 aliphatic heterocycles. The Kier molecular flexibility index (Phi) is 4.36. The molecular weight excluding hydrogens is 434 g/mol. The summed E-state index contributed by atoms with van der Waals surface area (Å²) in [6.07, 6.45) is 0. The number of hydrogen-bond donors (Lipinski definition) is 0. The van der Waals surface area contributed by atoms with Gasteiger partial charge in [0, 0.05) is 20.9 Å². The third-order valence-electron chi connectivity index (χ3n) is 5.30. The molecule has 0 aliphatic rings. The van der Waals surface area contributed by atoms with E-state index in [2.05, 4.69) is 56.9 Å². The second-order valence-corrected chi connectivity index (χ2v) is 7.97. The number of nitriles is 2. The fraction of sp³-hybridized carbons (Fsp3) is 0. The first-order chi connectivity index (χ1) is 14.7. The van der Waals surface area contributed by atoms with Gasteiger partial charge >= 0.3 is 0 Å². The van der Waals surface area contributed by atoms with E-state index in [0.29, 0.717) is 11.1 Å². The molecule has 0 saturated carbocycles. The van der Waals surface area contributed by atoms with Crippen LogP contribution in [0.2, 0.25) is 0 Å². The molecule has 30 heavy (non-hydrogen) atoms. The van der Waals surface area contributed by atoms with Crippen molar-refractivity contribution in [3.8, 4) is 29.0 Å². The van der Waals surface area contributed by atoms with Crippen LogP contribution in [0.4, 0.5) is 0 Å². The summed E-state index contributed by atoms with van der Waals surface area (Å²) < 4.78 is 3.14. The Morgan fingerprint density at radius 3 is 2.30 bits per heavy atom. The lowest BCUT2D eigenvalue weighted by molar-refractivity contribution is 1.18. The van der Waals surface area contributed by atoms with Crippen molar-refractivity contribution in [3.05, 3.63) is 101 Å². The number of fused-ring (bicyclic) bond motifs is 3. The van der Waals surface area contributed by atoms with Gasteiger partial charge in [0.1, 0.15) is 0 Å². The third-order valence-corrected chi connectivity index (χ3v) is 5.76. The topological polar surface area (TPSA) is 52.5 Å². The number of benzene rings is 4. The predicted molar refractivity (Wildman–Crippen MR) is 123 cm³/mol. The summed E-state index contributed by atoms with van der Waals surface area (Å²) in [6.45, 7) is 0. The molecule has 0 unspecified atom stereocenters. The van der Waals surface area contributed by atoms with Gasteiger partial charge in [-0.25, -0.2) is 0 Å². The maximum atomic E-state index is 9.54. The summed E-state index contributed by atoms with van der Waals surface area (Å²) in [5.41, 5.74) is 6.24. The van der Waals surface area contributed by atoms with Crippen LogP contribution in [0, 0.1) is 22.7 Å². The predicted octanol–water partition coefficient (Wildman–Crippen LogP) is 6.96. The molecule has 4 heteroatoms. The van der Waals surface area contributed by atoms with Crippen LogP contribution in [0.15, 0.2) is 89.4 Å². The minimum Gasteiger partial charge on any atom is -0.309 e. The Labute approximate surface area is 182 Å². The first-order valence-electron chi connectivity index (χ1n) is 9.43. The van der Waals surface area contributed by atoms with E-state index in [1.807, 2.05) is 60.7 Å². The van der Waals surface area contributed by atoms with Gasteiger partial charge in [-0.1, -0.05) is 52.3 Å². The van der Waals surface area contributed by atoms with Crippen LogP contribution < -0.4 is 0 Å². The molecule has 140 valence electrons. The van der Waals surface area contributed by atoms with Crippen molar-refractivity contribution in [2.45, 2.75) is 0 Å². The lowest BCUT2D eigenvalue weighted by Gasteiger charge is -2.12. The van der Waals surface area contributed by atoms with Crippen LogP contribution in [-0.2, 0) is 0 Å². The Bertz CT molecular complexity index is 1530. The number of aromatic nitrogens is 1. The molecule has 5 rings (SSSR count). The number of hydrogen-bond acceptors (Lipinski definition) is 2. The molecule has 5 aromatic rings. The van der Waals surface area contributed by atoms with E-state index < -0.39 is 0 Å². The van der Waals surface area contributed by atoms with Gasteiger partial charge in [0.15, 0.2) is 0 Å². The molecule has 0 spiro atoms. The smallest absolute Gasteiger partial charge is 0.0998 e. The lowest BCUT2D eigenvalue weighted by Crippen LogP contribution is -1.95. The van der Waals surface area contributed by atoms with Crippen LogP contribution >= 0.6 is 15.9 Å². The highest BCUT2D eigenvalue weighted by Crippen LogP contribution is 2.35. The van der Waals surface area contributed by atoms with E-state index in [1.54, 1.807) is 0 Å². The van der Waals surface area contributed by atoms with Gasteiger partial charge in [-0.3, -0.25) is 0 Å². The number of nitrogens with zero attached hydrogens (tertiary/aromatic N) is 3. The normalized spacial score (nSPS) is 10.8. The molecule has 0 amide bonds. The highest BCUT2D eigenvalue weighted by molar-refractivity contribution is 9.10. The zero-order valence-corrected chi connectivity index (χ0v) is 17.4. The monoisotopic (exact) mass is 447 g/mol. The molecule has 0 saturated heterocycles. The van der Waals surface area contributed by atoms with Crippen LogP contribution in [-0.4, -0.2) is 4.57 Å². The van der Waals surface area contributed by atoms with Crippen LogP contribution in [0.1, 0.15) is 11.1 Å². The van der Waals surface area contributed by atoms with Crippen molar-refractivity contribution in [2.75, 3.05) is 0 Å². The minimum atomic E-state index is 0.641. The van der Waals surface area contributed by atoms with Crippen molar-refractivity contribution < 1.29 is 0 Å². The average molecular weight is 448 g/mol. The Hall–Kier alpha value is -3.86. The molecule has 0 radical (unpaired) electrons. The quantitative estimate of drug-likeness (QED) is 0.293. The van der Waals surface area contributed by atoms with E-state index >= 15 is 0 Å². The molecule has 0 atom stereocenters. The Balaban J connectivity index is 1.84. The first-order valence-corrected chi connectivity index (χ1v) is 10.2. The second-order valence-electron chi connectivity index (χ2n) is 7.05. The maximum absolute atomic E-state index is 9.54. The van der Waals surface area contributed by atoms with Crippen molar-refractivity contribution in [1.82, 2.24) is 4.57 Å². The van der Waals surface area contributed by atoms with Gasteiger partial charge in [0.25, 0.3) is 0 Å². The highest BCUT2D eigenvalue weighted by Gasteiger charge is 2.14. The molecule has 0 bridgehead atoms. The first kappa shape index (κ1) is 18.2. The zero-order valence-electron chi connectivity index (χ0n) is 15.8. The van der Waals surface area contributed by atoms with Crippen molar-refractivity contribution in [3.63, 3.8) is 0 Å². The zero-order chi connectivity index (χ0) is 20.7. The van der Waals surface area contributed by atoms with Crippen LogP contribution in [0.5, 0.6) is 0 Å². The summed E-state index contributed by atoms with van der Waals surface area (Å²) in [7, 11) is 0. The van der Waals surface area contributed by atoms with E-state index in [9.17, 15) is 10.5 Å². The fourth-order valence-electron chi connectivity index (χ4n) is 4.01. The average Bonchev–Trinajstić information content (AvgIpc) is 3.12. The van der Waals surface area contributed by atoms with E-state index in [4.69, 9.17) is 0 Å². The van der Waals surface area contributed by atoms with Crippen molar-refractivity contribution in [2.24, 2.45) is 0 Å². The van der Waals surface area contributed by atoms with Crippen molar-refractivity contribution in [1.29, 1.82) is 10.5 Å². The molecule has 0 aliphatic carbocycles. The van der Waals surface area contributed by atoms with Gasteiger partial charge in [-0.15, -0.1) is 0 Å². The summed E-state index contributed by atoms with van der Waals surface area (Å²) >= 11 is 3.65. The SMILES string of the molecule is N#Cc1ccc2c(c1)c1ccccc1n2-c1cc(Br)cc(-c2ccccc2C#N)c1. The highest BCUT2D eigenvalue weighted by atomic mass is 79.9. The second kappa shape index (κ2) is 7.19. The largest absolute Gasteiger partial charge is 0.309 e. The molecule has 0 N–H and O–H groups in total. The molecule has 0 fully saturated rings. The lowest BCUT2D eigenvalue weighted by atomic mass is 10.00. The summed E-state index contributed by atoms with van der Waals surface area (Å²) in [5, 5.41) is 21.0. The number of halogens is 1. The number of rotatable bonds is 2. The standard InChI is InChI=1S/C26H14BrN3/c27-20-12-19(22-6-2-1-5-18(22)16-29)13-21(14-20)30-25-8-4-3-7-23(25)24-11-17(15-28)9-10-26(24)30/h1-14H. The van der Waals surface area contributed by atoms with Gasteiger partial charge < -0.3 is 4.57 Å². The van der Waals surface area contributed by atoms with Gasteiger partial charge in [-0.2, -0.15) is 10.5 Å². The summed E-state index contributed by atoms with van der Waals surface area (Å²) in [4.78, 5) is 0. The van der Waals surface area contributed by atoms with Gasteiger partial charge in [0.2, 0.25) is 0 Å². The minimum absolute atomic E-state index is 0.641. The fourth-order valence-corrected chi connectivity index (χ4v) is 4.49. The van der Waals surface area contributed by atoms with E-state index in [-0.39, 0.29) is 0 Å². The molecule has 1 heterocycles. The molecule has 4 aromatic carbocycles. The van der Waals surface area contributed by atoms with Gasteiger partial charge in [-0.05, 0) is 59.7 Å². The molecule has 1 aromatic heterocycles. The van der Waals surface area contributed by atoms with Crippen molar-refractivity contribution >= 4 is 37.7 Å². The molecular formula is C26H14BrN3. The van der Waals surface area contributed by atoms with Gasteiger partial charge in [0.05, 0.1) is 34.3 Å².